The second kappa shape index (κ2) is 3.78. The van der Waals surface area contributed by atoms with Crippen molar-refractivity contribution >= 4 is 12.0 Å². The summed E-state index contributed by atoms with van der Waals surface area (Å²) < 4.78 is 5.39. The number of ether oxygens (including phenoxy) is 1. The fourth-order valence-electron chi connectivity index (χ4n) is 2.29. The van der Waals surface area contributed by atoms with E-state index in [0.29, 0.717) is 0 Å². The van der Waals surface area contributed by atoms with E-state index >= 15 is 0 Å². The minimum atomic E-state index is -0.491. The van der Waals surface area contributed by atoms with Gasteiger partial charge in [0, 0.05) is 12.8 Å². The van der Waals surface area contributed by atoms with Crippen LogP contribution in [0.5, 0.6) is 0 Å². The van der Waals surface area contributed by atoms with E-state index in [1.54, 1.807) is 0 Å². The van der Waals surface area contributed by atoms with Gasteiger partial charge < -0.3 is 4.74 Å². The van der Waals surface area contributed by atoms with Crippen LogP contribution in [0.1, 0.15) is 37.8 Å². The average molecular weight is 216 g/mol. The Balaban J connectivity index is 2.31. The number of rotatable bonds is 2. The zero-order valence-corrected chi connectivity index (χ0v) is 9.86. The first-order valence-corrected chi connectivity index (χ1v) is 5.47. The maximum atomic E-state index is 11.1. The first kappa shape index (κ1) is 10.9. The molecule has 0 saturated carbocycles. The van der Waals surface area contributed by atoms with E-state index in [4.69, 9.17) is 4.74 Å². The van der Waals surface area contributed by atoms with E-state index in [0.717, 1.165) is 0 Å². The smallest absolute Gasteiger partial charge is 0.303 e. The van der Waals surface area contributed by atoms with Crippen molar-refractivity contribution in [2.75, 3.05) is 0 Å². The molecule has 1 aliphatic carbocycles. The molecule has 0 aliphatic heterocycles. The maximum absolute atomic E-state index is 11.1. The molecule has 2 rings (SSSR count). The SMILES string of the molecule is CC(=O)OC(C)(C)C1C=Cc2ccccc21. The van der Waals surface area contributed by atoms with Gasteiger partial charge >= 0.3 is 5.97 Å². The molecule has 0 fully saturated rings. The maximum Gasteiger partial charge on any atom is 0.303 e. The summed E-state index contributed by atoms with van der Waals surface area (Å²) in [6, 6.07) is 8.20. The number of fused-ring (bicyclic) bond motifs is 1. The number of hydrogen-bond acceptors (Lipinski definition) is 2. The molecular formula is C14H16O2. The summed E-state index contributed by atoms with van der Waals surface area (Å²) in [6.45, 7) is 5.35. The minimum Gasteiger partial charge on any atom is -0.459 e. The molecule has 16 heavy (non-hydrogen) atoms. The molecule has 1 atom stereocenters. The lowest BCUT2D eigenvalue weighted by Gasteiger charge is -2.30. The largest absolute Gasteiger partial charge is 0.459 e. The van der Waals surface area contributed by atoms with E-state index in [1.165, 1.54) is 18.1 Å². The van der Waals surface area contributed by atoms with E-state index < -0.39 is 5.60 Å². The number of carbonyl (C=O) groups excluding carboxylic acids is 1. The summed E-state index contributed by atoms with van der Waals surface area (Å²) in [5, 5.41) is 0. The molecule has 0 radical (unpaired) electrons. The van der Waals surface area contributed by atoms with Crippen LogP contribution in [0.15, 0.2) is 30.3 Å². The van der Waals surface area contributed by atoms with Crippen molar-refractivity contribution in [3.63, 3.8) is 0 Å². The number of carbonyl (C=O) groups is 1. The normalized spacial score (nSPS) is 18.3. The molecule has 1 aromatic rings. The summed E-state index contributed by atoms with van der Waals surface area (Å²) in [5.41, 5.74) is 1.95. The van der Waals surface area contributed by atoms with Crippen LogP contribution in [0.4, 0.5) is 0 Å². The first-order valence-electron chi connectivity index (χ1n) is 5.47. The molecule has 2 heteroatoms. The van der Waals surface area contributed by atoms with Gasteiger partial charge in [-0.1, -0.05) is 36.4 Å². The van der Waals surface area contributed by atoms with Crippen molar-refractivity contribution in [1.82, 2.24) is 0 Å². The number of esters is 1. The lowest BCUT2D eigenvalue weighted by molar-refractivity contribution is -0.154. The highest BCUT2D eigenvalue weighted by atomic mass is 16.6. The predicted molar refractivity (Wildman–Crippen MR) is 64.1 cm³/mol. The van der Waals surface area contributed by atoms with Crippen molar-refractivity contribution in [3.8, 4) is 0 Å². The lowest BCUT2D eigenvalue weighted by atomic mass is 9.86. The van der Waals surface area contributed by atoms with Gasteiger partial charge in [0.05, 0.1) is 0 Å². The third kappa shape index (κ3) is 1.87. The van der Waals surface area contributed by atoms with E-state index in [9.17, 15) is 4.79 Å². The minimum absolute atomic E-state index is 0.146. The zero-order chi connectivity index (χ0) is 11.8. The van der Waals surface area contributed by atoms with Gasteiger partial charge in [0.15, 0.2) is 0 Å². The van der Waals surface area contributed by atoms with Gasteiger partial charge in [-0.15, -0.1) is 0 Å². The van der Waals surface area contributed by atoms with Crippen molar-refractivity contribution in [1.29, 1.82) is 0 Å². The Kier molecular flexibility index (Phi) is 2.58. The Hall–Kier alpha value is -1.57. The molecule has 1 aromatic carbocycles. The van der Waals surface area contributed by atoms with E-state index in [2.05, 4.69) is 24.3 Å². The van der Waals surface area contributed by atoms with Crippen LogP contribution in [0, 0.1) is 0 Å². The second-order valence-electron chi connectivity index (χ2n) is 4.66. The lowest BCUT2D eigenvalue weighted by Crippen LogP contribution is -2.33. The van der Waals surface area contributed by atoms with Gasteiger partial charge in [-0.25, -0.2) is 0 Å². The average Bonchev–Trinajstić information content (AvgIpc) is 2.59. The summed E-state index contributed by atoms with van der Waals surface area (Å²) in [4.78, 5) is 11.1. The van der Waals surface area contributed by atoms with Crippen molar-refractivity contribution in [3.05, 3.63) is 41.5 Å². The second-order valence-corrected chi connectivity index (χ2v) is 4.66. The van der Waals surface area contributed by atoms with Crippen LogP contribution in [-0.4, -0.2) is 11.6 Å². The van der Waals surface area contributed by atoms with Gasteiger partial charge in [-0.3, -0.25) is 4.79 Å². The van der Waals surface area contributed by atoms with E-state index in [1.807, 2.05) is 26.0 Å². The Morgan fingerprint density at radius 2 is 2.00 bits per heavy atom. The highest BCUT2D eigenvalue weighted by Crippen LogP contribution is 2.39. The van der Waals surface area contributed by atoms with Gasteiger partial charge in [-0.2, -0.15) is 0 Å². The molecule has 0 saturated heterocycles. The highest BCUT2D eigenvalue weighted by molar-refractivity contribution is 5.68. The predicted octanol–water partition coefficient (Wildman–Crippen LogP) is 3.14. The Bertz CT molecular complexity index is 444. The number of benzene rings is 1. The fourth-order valence-corrected chi connectivity index (χ4v) is 2.29. The fraction of sp³-hybridized carbons (Fsp3) is 0.357. The summed E-state index contributed by atoms with van der Waals surface area (Å²) in [5.74, 6) is -0.0876. The quantitative estimate of drug-likeness (QED) is 0.710. The molecule has 0 bridgehead atoms. The third-order valence-electron chi connectivity index (χ3n) is 2.96. The Morgan fingerprint density at radius 1 is 1.31 bits per heavy atom. The first-order chi connectivity index (χ1) is 7.50. The molecule has 1 unspecified atom stereocenters. The van der Waals surface area contributed by atoms with Gasteiger partial charge in [0.2, 0.25) is 0 Å². The molecule has 2 nitrogen and oxygen atoms in total. The van der Waals surface area contributed by atoms with Gasteiger partial charge in [-0.05, 0) is 25.0 Å². The monoisotopic (exact) mass is 216 g/mol. The summed E-state index contributed by atoms with van der Waals surface area (Å²) in [7, 11) is 0. The van der Waals surface area contributed by atoms with Crippen molar-refractivity contribution < 1.29 is 9.53 Å². The molecule has 84 valence electrons. The Morgan fingerprint density at radius 3 is 2.69 bits per heavy atom. The Labute approximate surface area is 95.9 Å². The van der Waals surface area contributed by atoms with Gasteiger partial charge in [0.1, 0.15) is 5.60 Å². The van der Waals surface area contributed by atoms with Crippen LogP contribution in [0.3, 0.4) is 0 Å². The van der Waals surface area contributed by atoms with Crippen LogP contribution >= 0.6 is 0 Å². The topological polar surface area (TPSA) is 26.3 Å². The summed E-state index contributed by atoms with van der Waals surface area (Å²) >= 11 is 0. The molecule has 0 spiro atoms. The van der Waals surface area contributed by atoms with E-state index in [-0.39, 0.29) is 11.9 Å². The molecule has 0 heterocycles. The molecule has 0 amide bonds. The van der Waals surface area contributed by atoms with Crippen molar-refractivity contribution in [2.45, 2.75) is 32.3 Å². The molecule has 0 aromatic heterocycles. The molecule has 0 N–H and O–H groups in total. The van der Waals surface area contributed by atoms with Gasteiger partial charge in [0.25, 0.3) is 0 Å². The molecular weight excluding hydrogens is 200 g/mol. The van der Waals surface area contributed by atoms with Crippen LogP contribution < -0.4 is 0 Å². The third-order valence-corrected chi connectivity index (χ3v) is 2.96. The van der Waals surface area contributed by atoms with Crippen LogP contribution in [0.2, 0.25) is 0 Å². The van der Waals surface area contributed by atoms with Crippen molar-refractivity contribution in [2.24, 2.45) is 0 Å². The summed E-state index contributed by atoms with van der Waals surface area (Å²) in [6.07, 6.45) is 4.19. The number of hydrogen-bond donors (Lipinski definition) is 0. The standard InChI is InChI=1S/C14H16O2/c1-10(15)16-14(2,3)13-9-8-11-6-4-5-7-12(11)13/h4-9,13H,1-3H3. The zero-order valence-electron chi connectivity index (χ0n) is 9.86. The van der Waals surface area contributed by atoms with Crippen LogP contribution in [0.25, 0.3) is 6.08 Å². The molecule has 1 aliphatic rings. The highest BCUT2D eigenvalue weighted by Gasteiger charge is 2.35. The van der Waals surface area contributed by atoms with Crippen LogP contribution in [-0.2, 0) is 9.53 Å².